The van der Waals surface area contributed by atoms with E-state index in [1.807, 2.05) is 27.9 Å². The molecule has 1 amide bonds. The maximum atomic E-state index is 12.4. The minimum atomic E-state index is 0.218. The summed E-state index contributed by atoms with van der Waals surface area (Å²) in [6, 6.07) is 14.5. The van der Waals surface area contributed by atoms with Crippen LogP contribution in [0.15, 0.2) is 54.9 Å². The van der Waals surface area contributed by atoms with E-state index < -0.39 is 0 Å². The number of nitrogens with zero attached hydrogens (tertiary/aromatic N) is 4. The van der Waals surface area contributed by atoms with Crippen LogP contribution in [0.4, 0.5) is 0 Å². The number of aromatic nitrogens is 4. The minimum absolute atomic E-state index is 0.218. The average Bonchev–Trinajstić information content (AvgIpc) is 3.39. The third-order valence-corrected chi connectivity index (χ3v) is 5.27. The lowest BCUT2D eigenvalue weighted by molar-refractivity contribution is -0.132. The van der Waals surface area contributed by atoms with Crippen LogP contribution in [0, 0.1) is 0 Å². The van der Waals surface area contributed by atoms with Crippen molar-refractivity contribution in [1.82, 2.24) is 24.9 Å². The fourth-order valence-electron chi connectivity index (χ4n) is 3.72. The molecule has 1 aromatic carbocycles. The van der Waals surface area contributed by atoms with Crippen LogP contribution in [-0.2, 0) is 17.8 Å². The third kappa shape index (κ3) is 4.45. The average molecular weight is 363 g/mol. The van der Waals surface area contributed by atoms with Gasteiger partial charge in [0.05, 0.1) is 5.69 Å². The summed E-state index contributed by atoms with van der Waals surface area (Å²) in [5.41, 5.74) is 3.56. The number of benzene rings is 1. The Labute approximate surface area is 159 Å². The summed E-state index contributed by atoms with van der Waals surface area (Å²) in [5.74, 6) is 0.650. The van der Waals surface area contributed by atoms with Crippen molar-refractivity contribution in [3.05, 3.63) is 71.8 Å². The molecule has 1 aliphatic heterocycles. The molecule has 3 heterocycles. The van der Waals surface area contributed by atoms with Crippen LogP contribution in [0.2, 0.25) is 0 Å². The van der Waals surface area contributed by atoms with Crippen LogP contribution in [-0.4, -0.2) is 43.9 Å². The lowest BCUT2D eigenvalue weighted by Gasteiger charge is -2.31. The van der Waals surface area contributed by atoms with Gasteiger partial charge in [-0.15, -0.1) is 0 Å². The molecule has 2 aromatic heterocycles. The Balaban J connectivity index is 1.27. The van der Waals surface area contributed by atoms with E-state index >= 15 is 0 Å². The summed E-state index contributed by atoms with van der Waals surface area (Å²) in [6.07, 6.45) is 6.97. The quantitative estimate of drug-likeness (QED) is 0.732. The summed E-state index contributed by atoms with van der Waals surface area (Å²) in [5, 5.41) is 11.9. The SMILES string of the molecule is O=C(CCn1cccn1)N1CCC(c2cc(Cc3ccccc3)[nH]n2)CC1. The fourth-order valence-corrected chi connectivity index (χ4v) is 3.72. The zero-order valence-electron chi connectivity index (χ0n) is 15.4. The number of amides is 1. The number of likely N-dealkylation sites (tertiary alicyclic amines) is 1. The first-order chi connectivity index (χ1) is 13.3. The van der Waals surface area contributed by atoms with Crippen LogP contribution >= 0.6 is 0 Å². The Morgan fingerprint density at radius 2 is 1.96 bits per heavy atom. The number of H-pyrrole nitrogens is 1. The summed E-state index contributed by atoms with van der Waals surface area (Å²) < 4.78 is 1.81. The van der Waals surface area contributed by atoms with Gasteiger partial charge >= 0.3 is 0 Å². The van der Waals surface area contributed by atoms with Gasteiger partial charge in [0.15, 0.2) is 0 Å². The van der Waals surface area contributed by atoms with E-state index in [2.05, 4.69) is 45.6 Å². The monoisotopic (exact) mass is 363 g/mol. The van der Waals surface area contributed by atoms with Crippen LogP contribution < -0.4 is 0 Å². The second kappa shape index (κ2) is 8.20. The van der Waals surface area contributed by atoms with Gasteiger partial charge in [-0.05, 0) is 30.5 Å². The second-order valence-electron chi connectivity index (χ2n) is 7.15. The van der Waals surface area contributed by atoms with Crippen LogP contribution in [0.1, 0.15) is 42.1 Å². The highest BCUT2D eigenvalue weighted by atomic mass is 16.2. The van der Waals surface area contributed by atoms with Crippen molar-refractivity contribution in [3.63, 3.8) is 0 Å². The van der Waals surface area contributed by atoms with E-state index in [1.54, 1.807) is 6.20 Å². The predicted octanol–water partition coefficient (Wildman–Crippen LogP) is 2.99. The highest BCUT2D eigenvalue weighted by Crippen LogP contribution is 2.27. The number of aromatic amines is 1. The fraction of sp³-hybridized carbons (Fsp3) is 0.381. The molecule has 4 rings (SSSR count). The zero-order chi connectivity index (χ0) is 18.5. The molecule has 0 spiro atoms. The number of carbonyl (C=O) groups is 1. The third-order valence-electron chi connectivity index (χ3n) is 5.27. The van der Waals surface area contributed by atoms with Crippen molar-refractivity contribution < 1.29 is 4.79 Å². The molecule has 0 aliphatic carbocycles. The first-order valence-corrected chi connectivity index (χ1v) is 9.61. The molecule has 0 bridgehead atoms. The maximum Gasteiger partial charge on any atom is 0.224 e. The van der Waals surface area contributed by atoms with Crippen molar-refractivity contribution in [1.29, 1.82) is 0 Å². The number of piperidine rings is 1. The Bertz CT molecular complexity index is 848. The second-order valence-corrected chi connectivity index (χ2v) is 7.15. The van der Waals surface area contributed by atoms with Gasteiger partial charge in [-0.3, -0.25) is 14.6 Å². The summed E-state index contributed by atoms with van der Waals surface area (Å²) in [7, 11) is 0. The van der Waals surface area contributed by atoms with Crippen LogP contribution in [0.3, 0.4) is 0 Å². The molecular formula is C21H25N5O. The van der Waals surface area contributed by atoms with Gasteiger partial charge in [0.25, 0.3) is 0 Å². The molecule has 0 radical (unpaired) electrons. The molecule has 0 saturated carbocycles. The topological polar surface area (TPSA) is 66.8 Å². The van der Waals surface area contributed by atoms with E-state index in [0.29, 0.717) is 18.9 Å². The van der Waals surface area contributed by atoms with E-state index in [1.165, 1.54) is 5.56 Å². The Kier molecular flexibility index (Phi) is 5.32. The molecule has 1 aliphatic rings. The van der Waals surface area contributed by atoms with Gasteiger partial charge in [-0.25, -0.2) is 0 Å². The standard InChI is InChI=1S/C21H25N5O/c27-21(9-14-26-11-4-10-22-26)25-12-7-18(8-13-25)20-16-19(23-24-20)15-17-5-2-1-3-6-17/h1-6,10-11,16,18H,7-9,12-15H2,(H,23,24). The number of hydrogen-bond acceptors (Lipinski definition) is 3. The molecule has 6 nitrogen and oxygen atoms in total. The van der Waals surface area contributed by atoms with Crippen molar-refractivity contribution in [2.75, 3.05) is 13.1 Å². The molecule has 27 heavy (non-hydrogen) atoms. The van der Waals surface area contributed by atoms with E-state index in [4.69, 9.17) is 0 Å². The summed E-state index contributed by atoms with van der Waals surface area (Å²) >= 11 is 0. The van der Waals surface area contributed by atoms with E-state index in [9.17, 15) is 4.79 Å². The van der Waals surface area contributed by atoms with E-state index in [-0.39, 0.29) is 5.91 Å². The number of nitrogens with one attached hydrogen (secondary N) is 1. The molecule has 1 N–H and O–H groups in total. The van der Waals surface area contributed by atoms with Gasteiger partial charge in [0, 0.05) is 56.5 Å². The first kappa shape index (κ1) is 17.5. The van der Waals surface area contributed by atoms with Gasteiger partial charge in [0.1, 0.15) is 0 Å². The molecule has 140 valence electrons. The minimum Gasteiger partial charge on any atom is -0.343 e. The molecule has 3 aromatic rings. The number of aryl methyl sites for hydroxylation is 1. The molecule has 1 fully saturated rings. The molecular weight excluding hydrogens is 338 g/mol. The largest absolute Gasteiger partial charge is 0.343 e. The highest BCUT2D eigenvalue weighted by molar-refractivity contribution is 5.76. The van der Waals surface area contributed by atoms with Crippen molar-refractivity contribution in [3.8, 4) is 0 Å². The highest BCUT2D eigenvalue weighted by Gasteiger charge is 2.25. The lowest BCUT2D eigenvalue weighted by Crippen LogP contribution is -2.38. The molecule has 1 saturated heterocycles. The van der Waals surface area contributed by atoms with Gasteiger partial charge < -0.3 is 4.90 Å². The normalized spacial score (nSPS) is 15.2. The smallest absolute Gasteiger partial charge is 0.224 e. The predicted molar refractivity (Wildman–Crippen MR) is 103 cm³/mol. The molecule has 0 unspecified atom stereocenters. The van der Waals surface area contributed by atoms with Gasteiger partial charge in [-0.1, -0.05) is 30.3 Å². The van der Waals surface area contributed by atoms with Gasteiger partial charge in [0.2, 0.25) is 5.91 Å². The Hall–Kier alpha value is -2.89. The number of carbonyl (C=O) groups excluding carboxylic acids is 1. The van der Waals surface area contributed by atoms with Crippen molar-refractivity contribution in [2.24, 2.45) is 0 Å². The zero-order valence-corrected chi connectivity index (χ0v) is 15.4. The first-order valence-electron chi connectivity index (χ1n) is 9.61. The van der Waals surface area contributed by atoms with Crippen LogP contribution in [0.5, 0.6) is 0 Å². The number of hydrogen-bond donors (Lipinski definition) is 1. The van der Waals surface area contributed by atoms with E-state index in [0.717, 1.165) is 43.7 Å². The maximum absolute atomic E-state index is 12.4. The molecule has 6 heteroatoms. The summed E-state index contributed by atoms with van der Waals surface area (Å²) in [4.78, 5) is 14.4. The Morgan fingerprint density at radius 1 is 1.15 bits per heavy atom. The summed E-state index contributed by atoms with van der Waals surface area (Å²) in [6.45, 7) is 2.26. The lowest BCUT2D eigenvalue weighted by atomic mass is 9.93. The number of rotatable bonds is 6. The van der Waals surface area contributed by atoms with Crippen molar-refractivity contribution in [2.45, 2.75) is 38.1 Å². The van der Waals surface area contributed by atoms with Gasteiger partial charge in [-0.2, -0.15) is 10.2 Å². The van der Waals surface area contributed by atoms with Crippen molar-refractivity contribution >= 4 is 5.91 Å². The van der Waals surface area contributed by atoms with Crippen LogP contribution in [0.25, 0.3) is 0 Å². The molecule has 0 atom stereocenters. The Morgan fingerprint density at radius 3 is 2.70 bits per heavy atom.